The molecule has 1 aliphatic rings. The number of hydrogen-bond donors (Lipinski definition) is 2. The maximum Gasteiger partial charge on any atom is 0.322 e. The Morgan fingerprint density at radius 1 is 1.52 bits per heavy atom. The highest BCUT2D eigenvalue weighted by Crippen LogP contribution is 2.24. The third-order valence-corrected chi connectivity index (χ3v) is 4.94. The number of nitrogens with one attached hydrogen (secondary N) is 1. The van der Waals surface area contributed by atoms with Crippen molar-refractivity contribution in [3.8, 4) is 0 Å². The standard InChI is InChI=1S/C12H13ClFNO5S/c13-8-2-1-3-9(10(8)14)21(18,19)15-11(12(16)17)7-4-5-20-6-7/h1-3,7,11,15H,4-6H2,(H,16,17). The second-order valence-corrected chi connectivity index (χ2v) is 6.70. The van der Waals surface area contributed by atoms with Gasteiger partial charge in [-0.25, -0.2) is 12.8 Å². The lowest BCUT2D eigenvalue weighted by Gasteiger charge is -2.19. The van der Waals surface area contributed by atoms with Crippen molar-refractivity contribution in [3.05, 3.63) is 29.0 Å². The van der Waals surface area contributed by atoms with E-state index in [-0.39, 0.29) is 11.6 Å². The predicted octanol–water partition coefficient (Wildman–Crippen LogP) is 1.25. The highest BCUT2D eigenvalue weighted by molar-refractivity contribution is 7.89. The lowest BCUT2D eigenvalue weighted by Crippen LogP contribution is -2.46. The van der Waals surface area contributed by atoms with E-state index < -0.39 is 38.7 Å². The number of hydrogen-bond acceptors (Lipinski definition) is 4. The molecule has 9 heteroatoms. The third kappa shape index (κ3) is 3.52. The van der Waals surface area contributed by atoms with Gasteiger partial charge in [0.05, 0.1) is 11.6 Å². The summed E-state index contributed by atoms with van der Waals surface area (Å²) in [5.74, 6) is -2.95. The third-order valence-electron chi connectivity index (χ3n) is 3.19. The Morgan fingerprint density at radius 2 is 2.24 bits per heavy atom. The van der Waals surface area contributed by atoms with Gasteiger partial charge in [-0.3, -0.25) is 4.79 Å². The zero-order chi connectivity index (χ0) is 15.6. The van der Waals surface area contributed by atoms with Crippen LogP contribution in [-0.2, 0) is 19.6 Å². The molecule has 0 radical (unpaired) electrons. The van der Waals surface area contributed by atoms with Crippen molar-refractivity contribution in [2.24, 2.45) is 5.92 Å². The molecule has 1 heterocycles. The van der Waals surface area contributed by atoms with Crippen LogP contribution in [0.5, 0.6) is 0 Å². The number of benzene rings is 1. The summed E-state index contributed by atoms with van der Waals surface area (Å²) in [4.78, 5) is 10.6. The van der Waals surface area contributed by atoms with Crippen LogP contribution in [0.15, 0.2) is 23.1 Å². The minimum absolute atomic E-state index is 0.136. The van der Waals surface area contributed by atoms with Crippen molar-refractivity contribution in [2.75, 3.05) is 13.2 Å². The van der Waals surface area contributed by atoms with E-state index in [0.717, 1.165) is 6.07 Å². The Kier molecular flexibility index (Phi) is 4.82. The van der Waals surface area contributed by atoms with E-state index in [0.29, 0.717) is 13.0 Å². The lowest BCUT2D eigenvalue weighted by atomic mass is 10.0. The zero-order valence-electron chi connectivity index (χ0n) is 10.8. The maximum atomic E-state index is 13.8. The molecule has 1 fully saturated rings. The summed E-state index contributed by atoms with van der Waals surface area (Å²) in [5.41, 5.74) is 0. The molecule has 1 saturated heterocycles. The molecule has 1 aromatic carbocycles. The first kappa shape index (κ1) is 16.2. The summed E-state index contributed by atoms with van der Waals surface area (Å²) in [5, 5.41) is 8.81. The van der Waals surface area contributed by atoms with E-state index in [1.807, 2.05) is 4.72 Å². The summed E-state index contributed by atoms with van der Waals surface area (Å²) in [6.07, 6.45) is 0.414. The number of carboxylic acids is 1. The molecule has 0 aliphatic carbocycles. The second-order valence-electron chi connectivity index (χ2n) is 4.61. The van der Waals surface area contributed by atoms with E-state index in [4.69, 9.17) is 21.4 Å². The topological polar surface area (TPSA) is 92.7 Å². The SMILES string of the molecule is O=C(O)C(NS(=O)(=O)c1cccc(Cl)c1F)C1CCOC1. The van der Waals surface area contributed by atoms with E-state index >= 15 is 0 Å². The monoisotopic (exact) mass is 337 g/mol. The average Bonchev–Trinajstić information content (AvgIpc) is 2.92. The molecule has 2 rings (SSSR count). The van der Waals surface area contributed by atoms with Gasteiger partial charge in [0.25, 0.3) is 0 Å². The highest BCUT2D eigenvalue weighted by Gasteiger charge is 2.35. The number of sulfonamides is 1. The average molecular weight is 338 g/mol. The zero-order valence-corrected chi connectivity index (χ0v) is 12.3. The summed E-state index contributed by atoms with van der Waals surface area (Å²) < 4.78 is 45.2. The van der Waals surface area contributed by atoms with Crippen molar-refractivity contribution in [3.63, 3.8) is 0 Å². The van der Waals surface area contributed by atoms with Gasteiger partial charge >= 0.3 is 5.97 Å². The van der Waals surface area contributed by atoms with Gasteiger partial charge in [-0.2, -0.15) is 4.72 Å². The van der Waals surface area contributed by atoms with E-state index in [1.54, 1.807) is 0 Å². The first-order chi connectivity index (χ1) is 9.83. The van der Waals surface area contributed by atoms with Gasteiger partial charge in [0.2, 0.25) is 10.0 Å². The minimum Gasteiger partial charge on any atom is -0.480 e. The van der Waals surface area contributed by atoms with Gasteiger partial charge in [0.15, 0.2) is 5.82 Å². The van der Waals surface area contributed by atoms with Crippen molar-refractivity contribution >= 4 is 27.6 Å². The van der Waals surface area contributed by atoms with Gasteiger partial charge in [-0.1, -0.05) is 17.7 Å². The van der Waals surface area contributed by atoms with Crippen LogP contribution in [0.4, 0.5) is 4.39 Å². The van der Waals surface area contributed by atoms with Gasteiger partial charge in [0.1, 0.15) is 10.9 Å². The molecule has 1 aliphatic heterocycles. The molecule has 2 N–H and O–H groups in total. The molecular weight excluding hydrogens is 325 g/mol. The number of halogens is 2. The molecule has 1 aromatic rings. The first-order valence-electron chi connectivity index (χ1n) is 6.10. The van der Waals surface area contributed by atoms with Gasteiger partial charge in [0, 0.05) is 12.5 Å². The normalized spacial score (nSPS) is 20.4. The summed E-state index contributed by atoms with van der Waals surface area (Å²) in [7, 11) is -4.34. The van der Waals surface area contributed by atoms with Crippen LogP contribution in [0.1, 0.15) is 6.42 Å². The fourth-order valence-electron chi connectivity index (χ4n) is 2.09. The van der Waals surface area contributed by atoms with Crippen molar-refractivity contribution in [2.45, 2.75) is 17.4 Å². The minimum atomic E-state index is -4.34. The predicted molar refractivity (Wildman–Crippen MR) is 72.1 cm³/mol. The van der Waals surface area contributed by atoms with Crippen LogP contribution in [0.2, 0.25) is 5.02 Å². The number of carbonyl (C=O) groups is 1. The molecule has 0 aromatic heterocycles. The van der Waals surface area contributed by atoms with Crippen LogP contribution in [-0.4, -0.2) is 38.7 Å². The quantitative estimate of drug-likeness (QED) is 0.843. The van der Waals surface area contributed by atoms with E-state index in [2.05, 4.69) is 0 Å². The fourth-order valence-corrected chi connectivity index (χ4v) is 3.67. The Balaban J connectivity index is 2.30. The van der Waals surface area contributed by atoms with Crippen LogP contribution in [0, 0.1) is 11.7 Å². The highest BCUT2D eigenvalue weighted by atomic mass is 35.5. The van der Waals surface area contributed by atoms with Crippen LogP contribution < -0.4 is 4.72 Å². The van der Waals surface area contributed by atoms with Gasteiger partial charge < -0.3 is 9.84 Å². The Morgan fingerprint density at radius 3 is 2.81 bits per heavy atom. The summed E-state index contributed by atoms with van der Waals surface area (Å²) in [6.45, 7) is 0.499. The molecule has 6 nitrogen and oxygen atoms in total. The van der Waals surface area contributed by atoms with Crippen molar-refractivity contribution in [1.29, 1.82) is 0 Å². The molecular formula is C12H13ClFNO5S. The number of rotatable bonds is 5. The Hall–Kier alpha value is -1.22. The number of ether oxygens (including phenoxy) is 1. The summed E-state index contributed by atoms with van der Waals surface area (Å²) >= 11 is 5.54. The largest absolute Gasteiger partial charge is 0.480 e. The second kappa shape index (κ2) is 6.27. The first-order valence-corrected chi connectivity index (χ1v) is 7.96. The fraction of sp³-hybridized carbons (Fsp3) is 0.417. The van der Waals surface area contributed by atoms with E-state index in [9.17, 15) is 17.6 Å². The van der Waals surface area contributed by atoms with Crippen molar-refractivity contribution < 1.29 is 27.4 Å². The summed E-state index contributed by atoms with van der Waals surface area (Å²) in [6, 6.07) is 2.12. The number of aliphatic carboxylic acids is 1. The molecule has 2 unspecified atom stereocenters. The van der Waals surface area contributed by atoms with Crippen LogP contribution in [0.25, 0.3) is 0 Å². The Bertz CT molecular complexity index is 645. The molecule has 0 bridgehead atoms. The number of carboxylic acid groups (broad SMARTS) is 1. The van der Waals surface area contributed by atoms with E-state index in [1.165, 1.54) is 12.1 Å². The maximum absolute atomic E-state index is 13.8. The van der Waals surface area contributed by atoms with Crippen LogP contribution in [0.3, 0.4) is 0 Å². The van der Waals surface area contributed by atoms with Crippen molar-refractivity contribution in [1.82, 2.24) is 4.72 Å². The molecule has 0 spiro atoms. The molecule has 2 atom stereocenters. The molecule has 0 amide bonds. The Labute approximate surface area is 125 Å². The van der Waals surface area contributed by atoms with Crippen LogP contribution >= 0.6 is 11.6 Å². The molecule has 116 valence electrons. The smallest absolute Gasteiger partial charge is 0.322 e. The lowest BCUT2D eigenvalue weighted by molar-refractivity contribution is -0.140. The molecule has 0 saturated carbocycles. The van der Waals surface area contributed by atoms with Gasteiger partial charge in [-0.05, 0) is 18.6 Å². The van der Waals surface area contributed by atoms with Gasteiger partial charge in [-0.15, -0.1) is 0 Å². The molecule has 21 heavy (non-hydrogen) atoms.